The minimum absolute atomic E-state index is 0.131. The molecule has 0 spiro atoms. The highest BCUT2D eigenvalue weighted by atomic mass is 19.1. The van der Waals surface area contributed by atoms with Crippen molar-refractivity contribution in [2.24, 2.45) is 17.8 Å². The molecule has 1 saturated heterocycles. The molecule has 2 heterocycles. The average molecular weight is 459 g/mol. The van der Waals surface area contributed by atoms with Gasteiger partial charge in [0.15, 0.2) is 0 Å². The summed E-state index contributed by atoms with van der Waals surface area (Å²) in [7, 11) is 0. The van der Waals surface area contributed by atoms with Gasteiger partial charge in [-0.15, -0.1) is 0 Å². The second-order valence-corrected chi connectivity index (χ2v) is 10.1. The van der Waals surface area contributed by atoms with Crippen LogP contribution in [0.5, 0.6) is 0 Å². The molecule has 3 aromatic rings. The van der Waals surface area contributed by atoms with E-state index in [1.807, 2.05) is 42.6 Å². The Labute approximate surface area is 197 Å². The van der Waals surface area contributed by atoms with Crippen LogP contribution in [0.15, 0.2) is 60.8 Å². The number of pyridine rings is 1. The molecule has 2 amide bonds. The Balaban J connectivity index is 1.12. The molecule has 0 N–H and O–H groups in total. The molecule has 2 saturated carbocycles. The predicted molar refractivity (Wildman–Crippen MR) is 125 cm³/mol. The predicted octanol–water partition coefficient (Wildman–Crippen LogP) is 6.00. The number of carbonyl (C=O) groups is 2. The Kier molecular flexibility index (Phi) is 5.31. The normalized spacial score (nSPS) is 28.3. The topological polar surface area (TPSA) is 59.5 Å². The van der Waals surface area contributed by atoms with Gasteiger partial charge in [-0.05, 0) is 84.7 Å². The Morgan fingerprint density at radius 3 is 2.56 bits per heavy atom. The maximum absolute atomic E-state index is 13.9. The number of benzene rings is 2. The first-order valence-electron chi connectivity index (χ1n) is 12.1. The number of nitrogens with zero attached hydrogens (tertiary/aromatic N) is 2. The van der Waals surface area contributed by atoms with E-state index >= 15 is 0 Å². The van der Waals surface area contributed by atoms with Crippen LogP contribution in [0.1, 0.15) is 55.2 Å². The number of halogens is 1. The quantitative estimate of drug-likeness (QED) is 0.481. The molecule has 2 aliphatic carbocycles. The second kappa shape index (κ2) is 8.49. The Hall–Kier alpha value is -3.28. The zero-order valence-corrected chi connectivity index (χ0v) is 18.9. The fourth-order valence-electron chi connectivity index (χ4n) is 6.62. The molecule has 3 aliphatic rings. The van der Waals surface area contributed by atoms with Gasteiger partial charge in [0.1, 0.15) is 18.5 Å². The van der Waals surface area contributed by atoms with Crippen LogP contribution in [0, 0.1) is 23.6 Å². The van der Waals surface area contributed by atoms with Crippen LogP contribution in [0.25, 0.3) is 10.9 Å². The summed E-state index contributed by atoms with van der Waals surface area (Å²) in [6, 6.07) is 16.1. The van der Waals surface area contributed by atoms with E-state index in [0.29, 0.717) is 30.1 Å². The van der Waals surface area contributed by atoms with E-state index < -0.39 is 6.09 Å². The number of hydrogen-bond acceptors (Lipinski definition) is 4. The number of ether oxygens (including phenoxy) is 1. The van der Waals surface area contributed by atoms with Gasteiger partial charge in [-0.25, -0.2) is 14.1 Å². The molecule has 5 nitrogen and oxygen atoms in total. The molecular formula is C28H27FN2O3. The third-order valence-corrected chi connectivity index (χ3v) is 8.08. The molecular weight excluding hydrogens is 431 g/mol. The highest BCUT2D eigenvalue weighted by molar-refractivity contribution is 5.93. The third kappa shape index (κ3) is 3.75. The standard InChI is InChI=1S/C28H27FN2O3/c29-22-6-7-25-24(15-22)23(8-9-30-25)21-13-19-10-17(11-20(19)14-21)12-27(32)31-26(16-34-28(31)33)18-4-2-1-3-5-18/h1-9,15,17,19-21,26H,10-14,16H2/t17?,19-,20+,21?,26-/m0/s1. The van der Waals surface area contributed by atoms with Gasteiger partial charge in [-0.1, -0.05) is 30.3 Å². The molecule has 0 bridgehead atoms. The third-order valence-electron chi connectivity index (χ3n) is 8.08. The molecule has 2 aromatic carbocycles. The first-order chi connectivity index (χ1) is 16.6. The molecule has 5 atom stereocenters. The van der Waals surface area contributed by atoms with Gasteiger partial charge in [0.25, 0.3) is 0 Å². The van der Waals surface area contributed by atoms with Crippen LogP contribution in [0.4, 0.5) is 9.18 Å². The molecule has 0 radical (unpaired) electrons. The van der Waals surface area contributed by atoms with E-state index in [4.69, 9.17) is 4.74 Å². The number of amides is 2. The van der Waals surface area contributed by atoms with Crippen LogP contribution >= 0.6 is 0 Å². The summed E-state index contributed by atoms with van der Waals surface area (Å²) < 4.78 is 19.1. The lowest BCUT2D eigenvalue weighted by atomic mass is 9.89. The van der Waals surface area contributed by atoms with Gasteiger partial charge in [-0.2, -0.15) is 0 Å². The summed E-state index contributed by atoms with van der Waals surface area (Å²) in [5.74, 6) is 1.46. The van der Waals surface area contributed by atoms with E-state index in [1.165, 1.54) is 16.5 Å². The van der Waals surface area contributed by atoms with Crippen LogP contribution in [0.3, 0.4) is 0 Å². The maximum atomic E-state index is 13.9. The number of hydrogen-bond donors (Lipinski definition) is 0. The summed E-state index contributed by atoms with van der Waals surface area (Å²) >= 11 is 0. The van der Waals surface area contributed by atoms with E-state index in [9.17, 15) is 14.0 Å². The highest BCUT2D eigenvalue weighted by Gasteiger charge is 2.45. The van der Waals surface area contributed by atoms with Crippen molar-refractivity contribution < 1.29 is 18.7 Å². The van der Waals surface area contributed by atoms with Crippen molar-refractivity contribution in [2.45, 2.75) is 44.1 Å². The second-order valence-electron chi connectivity index (χ2n) is 10.1. The van der Waals surface area contributed by atoms with Gasteiger partial charge < -0.3 is 4.74 Å². The summed E-state index contributed by atoms with van der Waals surface area (Å²) in [6.07, 6.45) is 5.80. The molecule has 2 unspecified atom stereocenters. The SMILES string of the molecule is O=C(CC1C[C@@H]2CC(c3ccnc4ccc(F)cc34)C[C@@H]2C1)N1C(=O)OC[C@H]1c1ccccc1. The number of imide groups is 1. The Bertz CT molecular complexity index is 1230. The fraction of sp³-hybridized carbons (Fsp3) is 0.393. The molecule has 1 aliphatic heterocycles. The van der Waals surface area contributed by atoms with E-state index in [1.54, 1.807) is 12.1 Å². The van der Waals surface area contributed by atoms with Crippen molar-refractivity contribution in [3.05, 3.63) is 77.7 Å². The van der Waals surface area contributed by atoms with Gasteiger partial charge in [0, 0.05) is 18.0 Å². The largest absolute Gasteiger partial charge is 0.446 e. The smallest absolute Gasteiger partial charge is 0.417 e. The maximum Gasteiger partial charge on any atom is 0.417 e. The molecule has 3 fully saturated rings. The van der Waals surface area contributed by atoms with Crippen molar-refractivity contribution in [1.29, 1.82) is 0 Å². The summed E-state index contributed by atoms with van der Waals surface area (Å²) in [5.41, 5.74) is 2.95. The fourth-order valence-corrected chi connectivity index (χ4v) is 6.62. The summed E-state index contributed by atoms with van der Waals surface area (Å²) in [6.45, 7) is 0.215. The summed E-state index contributed by atoms with van der Waals surface area (Å²) in [4.78, 5) is 31.2. The minimum atomic E-state index is -0.533. The van der Waals surface area contributed by atoms with Gasteiger partial charge in [0.05, 0.1) is 5.52 Å². The zero-order chi connectivity index (χ0) is 23.2. The van der Waals surface area contributed by atoms with E-state index in [-0.39, 0.29) is 24.4 Å². The lowest BCUT2D eigenvalue weighted by molar-refractivity contribution is -0.130. The number of cyclic esters (lactones) is 1. The average Bonchev–Trinajstić information content (AvgIpc) is 3.52. The van der Waals surface area contributed by atoms with Crippen molar-refractivity contribution in [3.63, 3.8) is 0 Å². The summed E-state index contributed by atoms with van der Waals surface area (Å²) in [5, 5.41) is 0.915. The highest BCUT2D eigenvalue weighted by Crippen LogP contribution is 2.54. The Morgan fingerprint density at radius 2 is 1.79 bits per heavy atom. The van der Waals surface area contributed by atoms with E-state index in [0.717, 1.165) is 42.1 Å². The van der Waals surface area contributed by atoms with Crippen molar-refractivity contribution in [3.8, 4) is 0 Å². The lowest BCUT2D eigenvalue weighted by Crippen LogP contribution is -2.35. The zero-order valence-electron chi connectivity index (χ0n) is 18.9. The van der Waals surface area contributed by atoms with Crippen LogP contribution in [-0.2, 0) is 9.53 Å². The van der Waals surface area contributed by atoms with Crippen LogP contribution < -0.4 is 0 Å². The molecule has 34 heavy (non-hydrogen) atoms. The molecule has 6 rings (SSSR count). The monoisotopic (exact) mass is 458 g/mol. The Morgan fingerprint density at radius 1 is 1.03 bits per heavy atom. The number of fused-ring (bicyclic) bond motifs is 2. The van der Waals surface area contributed by atoms with Gasteiger partial charge >= 0.3 is 6.09 Å². The minimum Gasteiger partial charge on any atom is -0.446 e. The first kappa shape index (κ1) is 21.3. The van der Waals surface area contributed by atoms with Crippen LogP contribution in [0.2, 0.25) is 0 Å². The number of aromatic nitrogens is 1. The van der Waals surface area contributed by atoms with Crippen LogP contribution in [-0.4, -0.2) is 28.5 Å². The first-order valence-corrected chi connectivity index (χ1v) is 12.1. The lowest BCUT2D eigenvalue weighted by Gasteiger charge is -2.22. The van der Waals surface area contributed by atoms with Crippen molar-refractivity contribution >= 4 is 22.9 Å². The van der Waals surface area contributed by atoms with Crippen molar-refractivity contribution in [1.82, 2.24) is 9.88 Å². The molecule has 174 valence electrons. The molecule has 6 heteroatoms. The van der Waals surface area contributed by atoms with Crippen molar-refractivity contribution in [2.75, 3.05) is 6.61 Å². The van der Waals surface area contributed by atoms with Gasteiger partial charge in [0.2, 0.25) is 5.91 Å². The van der Waals surface area contributed by atoms with E-state index in [2.05, 4.69) is 4.98 Å². The number of carbonyl (C=O) groups excluding carboxylic acids is 2. The molecule has 1 aromatic heterocycles. The number of rotatable bonds is 4. The van der Waals surface area contributed by atoms with Gasteiger partial charge in [-0.3, -0.25) is 9.78 Å².